The zero-order valence-electron chi connectivity index (χ0n) is 17.2. The lowest BCUT2D eigenvalue weighted by atomic mass is 9.90. The second kappa shape index (κ2) is 7.04. The highest BCUT2D eigenvalue weighted by Gasteiger charge is 2.36. The predicted octanol–water partition coefficient (Wildman–Crippen LogP) is 2.52. The molecule has 0 aliphatic carbocycles. The van der Waals surface area contributed by atoms with Gasteiger partial charge in [0.2, 0.25) is 0 Å². The van der Waals surface area contributed by atoms with Gasteiger partial charge in [0.15, 0.2) is 4.83 Å². The summed E-state index contributed by atoms with van der Waals surface area (Å²) in [6.45, 7) is 10.7. The van der Waals surface area contributed by atoms with Gasteiger partial charge in [-0.05, 0) is 25.8 Å². The van der Waals surface area contributed by atoms with Crippen molar-refractivity contribution in [1.29, 1.82) is 0 Å². The molecule has 0 spiro atoms. The Morgan fingerprint density at radius 2 is 2.07 bits per heavy atom. The van der Waals surface area contributed by atoms with Gasteiger partial charge in [0.1, 0.15) is 23.3 Å². The largest absolute Gasteiger partial charge is 0.373 e. The van der Waals surface area contributed by atoms with Gasteiger partial charge >= 0.3 is 0 Å². The Bertz CT molecular complexity index is 1140. The van der Waals surface area contributed by atoms with Crippen molar-refractivity contribution in [3.05, 3.63) is 27.8 Å². The fourth-order valence-electron chi connectivity index (χ4n) is 4.40. The molecule has 0 aromatic carbocycles. The quantitative estimate of drug-likeness (QED) is 0.657. The number of morpholine rings is 1. The lowest BCUT2D eigenvalue weighted by Gasteiger charge is -2.33. The van der Waals surface area contributed by atoms with E-state index in [9.17, 15) is 4.79 Å². The zero-order chi connectivity index (χ0) is 20.2. The number of H-pyrrole nitrogens is 1. The van der Waals surface area contributed by atoms with Crippen LogP contribution in [0.2, 0.25) is 0 Å². The van der Waals surface area contributed by atoms with Crippen molar-refractivity contribution >= 4 is 37.6 Å². The van der Waals surface area contributed by atoms with E-state index >= 15 is 0 Å². The Morgan fingerprint density at radius 1 is 1.28 bits per heavy atom. The van der Waals surface area contributed by atoms with Gasteiger partial charge in [0.25, 0.3) is 11.4 Å². The minimum Gasteiger partial charge on any atom is -0.373 e. The first-order valence-electron chi connectivity index (χ1n) is 10.3. The highest BCUT2D eigenvalue weighted by atomic mass is 32.1. The van der Waals surface area contributed by atoms with Gasteiger partial charge < -0.3 is 9.47 Å². The smallest absolute Gasteiger partial charge is 0.281 e. The van der Waals surface area contributed by atoms with Crippen LogP contribution >= 0.6 is 11.3 Å². The fraction of sp³-hybridized carbons (Fsp3) is 0.571. The summed E-state index contributed by atoms with van der Waals surface area (Å²) in [6.07, 6.45) is 3.41. The number of nitrogens with zero attached hydrogens (tertiary/aromatic N) is 3. The number of hydrogen-bond acceptors (Lipinski definition) is 6. The topological polar surface area (TPSA) is 70.7 Å². The Labute approximate surface area is 173 Å². The summed E-state index contributed by atoms with van der Waals surface area (Å²) in [5, 5.41) is 1.09. The number of aromatic nitrogens is 3. The molecule has 7 nitrogen and oxygen atoms in total. The Kier molecular flexibility index (Phi) is 4.60. The van der Waals surface area contributed by atoms with Gasteiger partial charge in [0.05, 0.1) is 42.7 Å². The highest BCUT2D eigenvalue weighted by molar-refractivity contribution is 7.25. The molecule has 5 rings (SSSR count). The minimum atomic E-state index is -0.241. The van der Waals surface area contributed by atoms with Crippen molar-refractivity contribution in [3.8, 4) is 0 Å². The normalized spacial score (nSPS) is 19.1. The third-order valence-corrected chi connectivity index (χ3v) is 6.93. The Hall–Kier alpha value is -2.03. The average Bonchev–Trinajstić information content (AvgIpc) is 3.09. The van der Waals surface area contributed by atoms with E-state index in [1.807, 2.05) is 0 Å². The summed E-state index contributed by atoms with van der Waals surface area (Å²) in [6, 6.07) is 0. The molecular weight excluding hydrogens is 388 g/mol. The molecule has 8 heteroatoms. The molecule has 1 saturated heterocycles. The standard InChI is InChI=1S/C21H26N4O3S/c1-4-5-25-12-22-16-15-13-10-21(2,3)28-11-14(13)18(24-6-8-27-9-7-24)23-19(15)29-17(16)20(25)26/h12H,4-11H2,1-3H3/p+1. The Balaban J connectivity index is 1.79. The molecule has 1 fully saturated rings. The monoisotopic (exact) mass is 415 g/mol. The van der Waals surface area contributed by atoms with Crippen LogP contribution in [-0.4, -0.2) is 41.5 Å². The Morgan fingerprint density at radius 3 is 2.83 bits per heavy atom. The van der Waals surface area contributed by atoms with Crippen molar-refractivity contribution < 1.29 is 14.5 Å². The van der Waals surface area contributed by atoms with Gasteiger partial charge in [0, 0.05) is 13.0 Å². The first-order valence-corrected chi connectivity index (χ1v) is 11.2. The summed E-state index contributed by atoms with van der Waals surface area (Å²) >= 11 is 1.53. The van der Waals surface area contributed by atoms with Gasteiger partial charge in [-0.1, -0.05) is 18.3 Å². The molecule has 0 bridgehead atoms. The van der Waals surface area contributed by atoms with Crippen LogP contribution in [0.4, 0.5) is 5.82 Å². The molecular formula is C21H27N4O3S+. The number of ether oxygens (including phenoxy) is 2. The van der Waals surface area contributed by atoms with Crippen LogP contribution in [0.25, 0.3) is 20.4 Å². The number of anilines is 1. The molecule has 0 radical (unpaired) electrons. The number of fused-ring (bicyclic) bond motifs is 5. The van der Waals surface area contributed by atoms with E-state index in [0.29, 0.717) is 13.2 Å². The molecule has 3 aromatic heterocycles. The number of thiophene rings is 1. The number of aryl methyl sites for hydroxylation is 1. The number of nitrogens with one attached hydrogen (secondary N) is 1. The van der Waals surface area contributed by atoms with E-state index in [1.54, 1.807) is 10.9 Å². The zero-order valence-corrected chi connectivity index (χ0v) is 18.0. The molecule has 0 saturated carbocycles. The van der Waals surface area contributed by atoms with E-state index in [2.05, 4.69) is 30.7 Å². The number of pyridine rings is 1. The summed E-state index contributed by atoms with van der Waals surface area (Å²) in [4.78, 5) is 24.8. The third-order valence-electron chi connectivity index (χ3n) is 5.85. The molecule has 0 atom stereocenters. The lowest BCUT2D eigenvalue weighted by Crippen LogP contribution is -2.42. The summed E-state index contributed by atoms with van der Waals surface area (Å²) in [5.74, 6) is 1.10. The summed E-state index contributed by atoms with van der Waals surface area (Å²) < 4.78 is 14.2. The summed E-state index contributed by atoms with van der Waals surface area (Å²) in [7, 11) is 0. The molecule has 0 amide bonds. The first kappa shape index (κ1) is 19.0. The molecule has 2 aliphatic rings. The molecule has 1 N–H and O–H groups in total. The maximum absolute atomic E-state index is 13.0. The lowest BCUT2D eigenvalue weighted by molar-refractivity contribution is -0.329. The van der Waals surface area contributed by atoms with Crippen molar-refractivity contribution in [1.82, 2.24) is 9.55 Å². The van der Waals surface area contributed by atoms with Crippen LogP contribution in [0.3, 0.4) is 0 Å². The maximum Gasteiger partial charge on any atom is 0.281 e. The second-order valence-corrected chi connectivity index (χ2v) is 9.50. The van der Waals surface area contributed by atoms with Crippen molar-refractivity contribution in [2.75, 3.05) is 31.2 Å². The molecule has 3 aromatic rings. The molecule has 154 valence electrons. The van der Waals surface area contributed by atoms with Crippen molar-refractivity contribution in [2.45, 2.75) is 52.4 Å². The van der Waals surface area contributed by atoms with Crippen LogP contribution in [0, 0.1) is 0 Å². The number of rotatable bonds is 3. The average molecular weight is 416 g/mol. The maximum atomic E-state index is 13.0. The van der Waals surface area contributed by atoms with Crippen LogP contribution in [0.5, 0.6) is 0 Å². The fourth-order valence-corrected chi connectivity index (χ4v) is 5.53. The van der Waals surface area contributed by atoms with Crippen molar-refractivity contribution in [2.24, 2.45) is 0 Å². The minimum absolute atomic E-state index is 0.0550. The van der Waals surface area contributed by atoms with Gasteiger partial charge in [-0.25, -0.2) is 9.97 Å². The van der Waals surface area contributed by atoms with Crippen LogP contribution in [0.1, 0.15) is 38.3 Å². The van der Waals surface area contributed by atoms with E-state index in [1.165, 1.54) is 22.5 Å². The van der Waals surface area contributed by atoms with Crippen LogP contribution < -0.4 is 15.4 Å². The molecule has 0 unspecified atom stereocenters. The van der Waals surface area contributed by atoms with Crippen molar-refractivity contribution in [3.63, 3.8) is 0 Å². The van der Waals surface area contributed by atoms with Gasteiger partial charge in [-0.15, -0.1) is 0 Å². The van der Waals surface area contributed by atoms with Crippen LogP contribution in [0.15, 0.2) is 11.1 Å². The van der Waals surface area contributed by atoms with Crippen LogP contribution in [-0.2, 0) is 29.0 Å². The van der Waals surface area contributed by atoms with E-state index < -0.39 is 0 Å². The first-order chi connectivity index (χ1) is 14.0. The number of hydrogen-bond donors (Lipinski definition) is 0. The molecule has 29 heavy (non-hydrogen) atoms. The highest BCUT2D eigenvalue weighted by Crippen LogP contribution is 2.40. The SMILES string of the molecule is CCCn1cnc2c(sc3[nH+]c(N4CCOCC4)c4c(c32)CC(C)(C)OC4)c1=O. The summed E-state index contributed by atoms with van der Waals surface area (Å²) in [5.41, 5.74) is 3.09. The van der Waals surface area contributed by atoms with Gasteiger partial charge in [-0.3, -0.25) is 14.3 Å². The number of aromatic amines is 1. The van der Waals surface area contributed by atoms with E-state index in [0.717, 1.165) is 65.4 Å². The van der Waals surface area contributed by atoms with Gasteiger partial charge in [-0.2, -0.15) is 0 Å². The third kappa shape index (κ3) is 3.14. The predicted molar refractivity (Wildman–Crippen MR) is 114 cm³/mol. The molecule has 5 heterocycles. The second-order valence-electron chi connectivity index (χ2n) is 8.48. The van der Waals surface area contributed by atoms with E-state index in [-0.39, 0.29) is 11.2 Å². The molecule has 2 aliphatic heterocycles. The van der Waals surface area contributed by atoms with E-state index in [4.69, 9.17) is 14.5 Å².